The Bertz CT molecular complexity index is 440. The van der Waals surface area contributed by atoms with Gasteiger partial charge in [0, 0.05) is 17.8 Å². The van der Waals surface area contributed by atoms with Crippen LogP contribution in [0, 0.1) is 6.92 Å². The fraction of sp³-hybridized carbons (Fsp3) is 0.533. The summed E-state index contributed by atoms with van der Waals surface area (Å²) in [5, 5.41) is 2.88. The highest BCUT2D eigenvalue weighted by Crippen LogP contribution is 2.20. The van der Waals surface area contributed by atoms with E-state index in [1.807, 2.05) is 13.0 Å². The fourth-order valence-electron chi connectivity index (χ4n) is 2.48. The van der Waals surface area contributed by atoms with E-state index in [0.29, 0.717) is 30.5 Å². The molecular weight excluding hydrogens is 240 g/mol. The molecule has 1 aliphatic rings. The monoisotopic (exact) mass is 262 g/mol. The lowest BCUT2D eigenvalue weighted by molar-refractivity contribution is 0.0581. The van der Waals surface area contributed by atoms with Crippen LogP contribution in [0.15, 0.2) is 18.2 Å². The fourth-order valence-corrected chi connectivity index (χ4v) is 2.48. The number of amides is 1. The number of hydrogen-bond donors (Lipinski definition) is 2. The van der Waals surface area contributed by atoms with Crippen LogP contribution in [0.4, 0.5) is 5.69 Å². The predicted molar refractivity (Wildman–Crippen MR) is 76.1 cm³/mol. The van der Waals surface area contributed by atoms with E-state index in [9.17, 15) is 4.79 Å². The third-order valence-corrected chi connectivity index (χ3v) is 3.54. The lowest BCUT2D eigenvalue weighted by atomic mass is 10.1. The maximum absolute atomic E-state index is 12.0. The van der Waals surface area contributed by atoms with E-state index < -0.39 is 0 Å². The molecule has 1 aromatic rings. The molecule has 0 spiro atoms. The minimum Gasteiger partial charge on any atom is -0.399 e. The molecule has 1 aromatic carbocycles. The van der Waals surface area contributed by atoms with E-state index in [2.05, 4.69) is 5.32 Å². The van der Waals surface area contributed by atoms with Crippen molar-refractivity contribution in [3.05, 3.63) is 29.3 Å². The molecule has 1 aliphatic carbocycles. The van der Waals surface area contributed by atoms with Crippen LogP contribution in [0.1, 0.15) is 41.6 Å². The Kier molecular flexibility index (Phi) is 4.80. The van der Waals surface area contributed by atoms with Gasteiger partial charge >= 0.3 is 0 Å². The van der Waals surface area contributed by atoms with Gasteiger partial charge in [-0.25, -0.2) is 0 Å². The van der Waals surface area contributed by atoms with E-state index in [1.165, 1.54) is 12.8 Å². The molecule has 2 rings (SSSR count). The number of anilines is 1. The van der Waals surface area contributed by atoms with Gasteiger partial charge < -0.3 is 15.8 Å². The topological polar surface area (TPSA) is 64.4 Å². The highest BCUT2D eigenvalue weighted by atomic mass is 16.5. The Balaban J connectivity index is 1.74. The number of aryl methyl sites for hydroxylation is 1. The average Bonchev–Trinajstić information content (AvgIpc) is 2.87. The SMILES string of the molecule is Cc1cc(N)ccc1C(=O)NCCOC1CCCC1. The van der Waals surface area contributed by atoms with Crippen molar-refractivity contribution in [2.45, 2.75) is 38.7 Å². The average molecular weight is 262 g/mol. The molecule has 0 atom stereocenters. The molecule has 4 heteroatoms. The number of hydrogen-bond acceptors (Lipinski definition) is 3. The molecule has 1 amide bonds. The van der Waals surface area contributed by atoms with Crippen molar-refractivity contribution >= 4 is 11.6 Å². The van der Waals surface area contributed by atoms with Crippen LogP contribution >= 0.6 is 0 Å². The number of nitrogens with two attached hydrogens (primary N) is 1. The highest BCUT2D eigenvalue weighted by molar-refractivity contribution is 5.95. The number of ether oxygens (including phenoxy) is 1. The second-order valence-electron chi connectivity index (χ2n) is 5.11. The summed E-state index contributed by atoms with van der Waals surface area (Å²) in [6, 6.07) is 5.32. The Morgan fingerprint density at radius 2 is 2.16 bits per heavy atom. The largest absolute Gasteiger partial charge is 0.399 e. The molecule has 3 N–H and O–H groups in total. The first-order chi connectivity index (χ1) is 9.16. The molecule has 1 fully saturated rings. The number of rotatable bonds is 5. The van der Waals surface area contributed by atoms with Gasteiger partial charge in [-0.3, -0.25) is 4.79 Å². The third-order valence-electron chi connectivity index (χ3n) is 3.54. The molecule has 0 aromatic heterocycles. The minimum atomic E-state index is -0.0625. The van der Waals surface area contributed by atoms with Crippen molar-refractivity contribution in [1.82, 2.24) is 5.32 Å². The Hall–Kier alpha value is -1.55. The van der Waals surface area contributed by atoms with E-state index >= 15 is 0 Å². The standard InChI is InChI=1S/C15H22N2O2/c1-11-10-12(16)6-7-14(11)15(18)17-8-9-19-13-4-2-3-5-13/h6-7,10,13H,2-5,8-9,16H2,1H3,(H,17,18). The van der Waals surface area contributed by atoms with Crippen molar-refractivity contribution in [3.8, 4) is 0 Å². The molecular formula is C15H22N2O2. The van der Waals surface area contributed by atoms with Crippen LogP contribution in [0.3, 0.4) is 0 Å². The summed E-state index contributed by atoms with van der Waals surface area (Å²) in [6.45, 7) is 3.03. The Labute approximate surface area is 114 Å². The van der Waals surface area contributed by atoms with Gasteiger partial charge in [-0.05, 0) is 43.5 Å². The van der Waals surface area contributed by atoms with Crippen molar-refractivity contribution in [2.75, 3.05) is 18.9 Å². The molecule has 0 unspecified atom stereocenters. The summed E-state index contributed by atoms with van der Waals surface area (Å²) in [4.78, 5) is 12.0. The van der Waals surface area contributed by atoms with Gasteiger partial charge in [0.15, 0.2) is 0 Å². The molecule has 0 heterocycles. The van der Waals surface area contributed by atoms with Crippen LogP contribution in [0.25, 0.3) is 0 Å². The van der Waals surface area contributed by atoms with Gasteiger partial charge in [0.05, 0.1) is 12.7 Å². The van der Waals surface area contributed by atoms with Crippen molar-refractivity contribution in [3.63, 3.8) is 0 Å². The smallest absolute Gasteiger partial charge is 0.251 e. The first-order valence-electron chi connectivity index (χ1n) is 6.93. The van der Waals surface area contributed by atoms with Gasteiger partial charge in [-0.15, -0.1) is 0 Å². The summed E-state index contributed by atoms with van der Waals surface area (Å²) >= 11 is 0. The third kappa shape index (κ3) is 3.96. The summed E-state index contributed by atoms with van der Waals surface area (Å²) < 4.78 is 5.70. The second kappa shape index (κ2) is 6.57. The van der Waals surface area contributed by atoms with Crippen molar-refractivity contribution in [1.29, 1.82) is 0 Å². The van der Waals surface area contributed by atoms with Crippen molar-refractivity contribution in [2.24, 2.45) is 0 Å². The Morgan fingerprint density at radius 3 is 2.84 bits per heavy atom. The van der Waals surface area contributed by atoms with Crippen LogP contribution in [0.2, 0.25) is 0 Å². The molecule has 4 nitrogen and oxygen atoms in total. The normalized spacial score (nSPS) is 15.6. The molecule has 0 aliphatic heterocycles. The number of benzene rings is 1. The van der Waals surface area contributed by atoms with Gasteiger partial charge in [-0.2, -0.15) is 0 Å². The molecule has 19 heavy (non-hydrogen) atoms. The second-order valence-corrected chi connectivity index (χ2v) is 5.11. The first-order valence-corrected chi connectivity index (χ1v) is 6.93. The number of carbonyl (C=O) groups is 1. The molecule has 0 bridgehead atoms. The zero-order valence-corrected chi connectivity index (χ0v) is 11.4. The zero-order chi connectivity index (χ0) is 13.7. The lowest BCUT2D eigenvalue weighted by Gasteiger charge is -2.12. The van der Waals surface area contributed by atoms with E-state index in [0.717, 1.165) is 18.4 Å². The zero-order valence-electron chi connectivity index (χ0n) is 11.4. The van der Waals surface area contributed by atoms with Crippen LogP contribution < -0.4 is 11.1 Å². The van der Waals surface area contributed by atoms with Gasteiger partial charge in [-0.1, -0.05) is 12.8 Å². The van der Waals surface area contributed by atoms with Gasteiger partial charge in [0.1, 0.15) is 0 Å². The van der Waals surface area contributed by atoms with Crippen molar-refractivity contribution < 1.29 is 9.53 Å². The minimum absolute atomic E-state index is 0.0625. The van der Waals surface area contributed by atoms with Gasteiger partial charge in [0.25, 0.3) is 5.91 Å². The van der Waals surface area contributed by atoms with Crippen LogP contribution in [0.5, 0.6) is 0 Å². The van der Waals surface area contributed by atoms with Crippen LogP contribution in [-0.2, 0) is 4.74 Å². The van der Waals surface area contributed by atoms with Crippen LogP contribution in [-0.4, -0.2) is 25.2 Å². The quantitative estimate of drug-likeness (QED) is 0.632. The highest BCUT2D eigenvalue weighted by Gasteiger charge is 2.15. The summed E-state index contributed by atoms with van der Waals surface area (Å²) in [5.41, 5.74) is 7.92. The summed E-state index contributed by atoms with van der Waals surface area (Å²) in [6.07, 6.45) is 5.24. The Morgan fingerprint density at radius 1 is 1.42 bits per heavy atom. The van der Waals surface area contributed by atoms with E-state index in [4.69, 9.17) is 10.5 Å². The maximum Gasteiger partial charge on any atom is 0.251 e. The lowest BCUT2D eigenvalue weighted by Crippen LogP contribution is -2.29. The summed E-state index contributed by atoms with van der Waals surface area (Å²) in [7, 11) is 0. The number of nitrogens with one attached hydrogen (secondary N) is 1. The first kappa shape index (κ1) is 13.9. The molecule has 0 radical (unpaired) electrons. The predicted octanol–water partition coefficient (Wildman–Crippen LogP) is 2.27. The number of carbonyl (C=O) groups excluding carboxylic acids is 1. The number of nitrogen functional groups attached to an aromatic ring is 1. The molecule has 104 valence electrons. The summed E-state index contributed by atoms with van der Waals surface area (Å²) in [5.74, 6) is -0.0625. The molecule has 1 saturated carbocycles. The molecule has 0 saturated heterocycles. The van der Waals surface area contributed by atoms with Gasteiger partial charge in [0.2, 0.25) is 0 Å². The van der Waals surface area contributed by atoms with E-state index in [1.54, 1.807) is 12.1 Å². The van der Waals surface area contributed by atoms with E-state index in [-0.39, 0.29) is 5.91 Å². The maximum atomic E-state index is 12.0.